The van der Waals surface area contributed by atoms with E-state index >= 15 is 0 Å². The number of hydrogen-bond donors (Lipinski definition) is 1. The van der Waals surface area contributed by atoms with Gasteiger partial charge < -0.3 is 10.2 Å². The fraction of sp³-hybridized carbons (Fsp3) is 0.333. The van der Waals surface area contributed by atoms with Crippen molar-refractivity contribution in [1.29, 1.82) is 0 Å². The monoisotopic (exact) mass is 257 g/mol. The molecule has 4 heteroatoms. The molecule has 2 rings (SSSR count). The first kappa shape index (κ1) is 13.5. The maximum absolute atomic E-state index is 12.4. The summed E-state index contributed by atoms with van der Waals surface area (Å²) in [6.45, 7) is 3.44. The summed E-state index contributed by atoms with van der Waals surface area (Å²) >= 11 is 0. The number of nitrogens with zero attached hydrogens (tertiary/aromatic N) is 2. The molecule has 100 valence electrons. The lowest BCUT2D eigenvalue weighted by atomic mass is 10.0. The number of nitrogens with one attached hydrogen (secondary N) is 1. The topological polar surface area (TPSA) is 45.2 Å². The highest BCUT2D eigenvalue weighted by atomic mass is 16.2. The first-order valence-corrected chi connectivity index (χ1v) is 6.39. The van der Waals surface area contributed by atoms with Crippen LogP contribution in [0, 0.1) is 6.92 Å². The summed E-state index contributed by atoms with van der Waals surface area (Å²) in [6.07, 6.45) is 1.68. The molecule has 0 bridgehead atoms. The third-order valence-corrected chi connectivity index (χ3v) is 3.32. The SMILES string of the molecule is CNCCN(C)C(=O)c1cnc2ccccc2c1C. The Bertz CT molecular complexity index is 595. The van der Waals surface area contributed by atoms with E-state index in [9.17, 15) is 4.79 Å². The number of fused-ring (bicyclic) bond motifs is 1. The number of likely N-dealkylation sites (N-methyl/N-ethyl adjacent to an activating group) is 2. The molecule has 0 saturated carbocycles. The van der Waals surface area contributed by atoms with Gasteiger partial charge in [0, 0.05) is 31.7 Å². The molecule has 0 spiro atoms. The standard InChI is InChI=1S/C15H19N3O/c1-11-12-6-4-5-7-14(12)17-10-13(11)15(19)18(3)9-8-16-2/h4-7,10,16H,8-9H2,1-3H3. The van der Waals surface area contributed by atoms with Crippen molar-refractivity contribution >= 4 is 16.8 Å². The van der Waals surface area contributed by atoms with Gasteiger partial charge in [0.15, 0.2) is 0 Å². The minimum atomic E-state index is 0.0194. The predicted octanol–water partition coefficient (Wildman–Crippen LogP) is 1.83. The molecular weight excluding hydrogens is 238 g/mol. The normalized spacial score (nSPS) is 10.7. The molecule has 1 aromatic heterocycles. The van der Waals surface area contributed by atoms with Crippen LogP contribution in [0.1, 0.15) is 15.9 Å². The van der Waals surface area contributed by atoms with E-state index in [2.05, 4.69) is 10.3 Å². The Labute approximate surface area is 113 Å². The summed E-state index contributed by atoms with van der Waals surface area (Å²) in [7, 11) is 3.69. The van der Waals surface area contributed by atoms with E-state index in [1.807, 2.05) is 45.3 Å². The highest BCUT2D eigenvalue weighted by Gasteiger charge is 2.15. The molecular formula is C15H19N3O. The molecule has 0 atom stereocenters. The van der Waals surface area contributed by atoms with Gasteiger partial charge in [0.2, 0.25) is 0 Å². The number of benzene rings is 1. The Morgan fingerprint density at radius 2 is 2.11 bits per heavy atom. The van der Waals surface area contributed by atoms with Gasteiger partial charge in [-0.3, -0.25) is 9.78 Å². The third-order valence-electron chi connectivity index (χ3n) is 3.32. The zero-order valence-corrected chi connectivity index (χ0v) is 11.6. The highest BCUT2D eigenvalue weighted by molar-refractivity contribution is 5.99. The number of hydrogen-bond acceptors (Lipinski definition) is 3. The fourth-order valence-electron chi connectivity index (χ4n) is 2.08. The molecule has 1 heterocycles. The quantitative estimate of drug-likeness (QED) is 0.909. The number of pyridine rings is 1. The van der Waals surface area contributed by atoms with Gasteiger partial charge in [0.25, 0.3) is 5.91 Å². The average Bonchev–Trinajstić information content (AvgIpc) is 2.44. The number of aromatic nitrogens is 1. The molecule has 0 fully saturated rings. The molecule has 2 aromatic rings. The van der Waals surface area contributed by atoms with Crippen molar-refractivity contribution in [2.24, 2.45) is 0 Å². The summed E-state index contributed by atoms with van der Waals surface area (Å²) in [4.78, 5) is 18.5. The van der Waals surface area contributed by atoms with Gasteiger partial charge in [0.1, 0.15) is 0 Å². The summed E-state index contributed by atoms with van der Waals surface area (Å²) in [5.41, 5.74) is 2.60. The van der Waals surface area contributed by atoms with E-state index in [0.717, 1.165) is 23.0 Å². The Balaban J connectivity index is 2.35. The van der Waals surface area contributed by atoms with Crippen molar-refractivity contribution in [2.45, 2.75) is 6.92 Å². The van der Waals surface area contributed by atoms with Gasteiger partial charge >= 0.3 is 0 Å². The number of carbonyl (C=O) groups excluding carboxylic acids is 1. The Hall–Kier alpha value is -1.94. The second-order valence-corrected chi connectivity index (χ2v) is 4.64. The van der Waals surface area contributed by atoms with E-state index in [1.165, 1.54) is 0 Å². The van der Waals surface area contributed by atoms with Crippen molar-refractivity contribution in [1.82, 2.24) is 15.2 Å². The second-order valence-electron chi connectivity index (χ2n) is 4.64. The van der Waals surface area contributed by atoms with Crippen LogP contribution in [-0.2, 0) is 0 Å². The van der Waals surface area contributed by atoms with Crippen LogP contribution < -0.4 is 5.32 Å². The minimum Gasteiger partial charge on any atom is -0.340 e. The Kier molecular flexibility index (Phi) is 4.12. The second kappa shape index (κ2) is 5.80. The van der Waals surface area contributed by atoms with E-state index in [-0.39, 0.29) is 5.91 Å². The lowest BCUT2D eigenvalue weighted by Crippen LogP contribution is -2.33. The van der Waals surface area contributed by atoms with E-state index < -0.39 is 0 Å². The first-order valence-electron chi connectivity index (χ1n) is 6.39. The largest absolute Gasteiger partial charge is 0.340 e. The number of para-hydroxylation sites is 1. The summed E-state index contributed by atoms with van der Waals surface area (Å²) in [5.74, 6) is 0.0194. The smallest absolute Gasteiger partial charge is 0.255 e. The van der Waals surface area contributed by atoms with Crippen LogP contribution >= 0.6 is 0 Å². The first-order chi connectivity index (χ1) is 9.15. The van der Waals surface area contributed by atoms with Crippen molar-refractivity contribution < 1.29 is 4.79 Å². The Morgan fingerprint density at radius 3 is 2.84 bits per heavy atom. The van der Waals surface area contributed by atoms with Crippen LogP contribution in [0.25, 0.3) is 10.9 Å². The van der Waals surface area contributed by atoms with Crippen LogP contribution in [0.2, 0.25) is 0 Å². The van der Waals surface area contributed by atoms with Crippen LogP contribution in [0.15, 0.2) is 30.5 Å². The Morgan fingerprint density at radius 1 is 1.37 bits per heavy atom. The molecule has 0 saturated heterocycles. The molecule has 19 heavy (non-hydrogen) atoms. The molecule has 0 aliphatic heterocycles. The van der Waals surface area contributed by atoms with Crippen molar-refractivity contribution in [3.63, 3.8) is 0 Å². The predicted molar refractivity (Wildman–Crippen MR) is 77.4 cm³/mol. The van der Waals surface area contributed by atoms with Crippen LogP contribution in [0.5, 0.6) is 0 Å². The number of aryl methyl sites for hydroxylation is 1. The van der Waals surface area contributed by atoms with Gasteiger partial charge in [-0.25, -0.2) is 0 Å². The third kappa shape index (κ3) is 2.74. The van der Waals surface area contributed by atoms with Crippen molar-refractivity contribution in [2.75, 3.05) is 27.2 Å². The molecule has 4 nitrogen and oxygen atoms in total. The maximum atomic E-state index is 12.4. The number of rotatable bonds is 4. The van der Waals surface area contributed by atoms with Crippen LogP contribution in [0.4, 0.5) is 0 Å². The van der Waals surface area contributed by atoms with E-state index in [1.54, 1.807) is 11.1 Å². The van der Waals surface area contributed by atoms with Gasteiger partial charge in [-0.15, -0.1) is 0 Å². The molecule has 1 amide bonds. The maximum Gasteiger partial charge on any atom is 0.255 e. The zero-order chi connectivity index (χ0) is 13.8. The average molecular weight is 257 g/mol. The fourth-order valence-corrected chi connectivity index (χ4v) is 2.08. The lowest BCUT2D eigenvalue weighted by molar-refractivity contribution is 0.0796. The summed E-state index contributed by atoms with van der Waals surface area (Å²) in [5, 5.41) is 4.08. The van der Waals surface area contributed by atoms with Crippen molar-refractivity contribution in [3.05, 3.63) is 41.6 Å². The van der Waals surface area contributed by atoms with Gasteiger partial charge in [-0.2, -0.15) is 0 Å². The molecule has 0 aliphatic rings. The lowest BCUT2D eigenvalue weighted by Gasteiger charge is -2.18. The number of amides is 1. The van der Waals surface area contributed by atoms with Gasteiger partial charge in [-0.1, -0.05) is 18.2 Å². The molecule has 1 aromatic carbocycles. The number of carbonyl (C=O) groups is 1. The molecule has 0 unspecified atom stereocenters. The molecule has 0 aliphatic carbocycles. The van der Waals surface area contributed by atoms with E-state index in [4.69, 9.17) is 0 Å². The van der Waals surface area contributed by atoms with Crippen molar-refractivity contribution in [3.8, 4) is 0 Å². The molecule has 0 radical (unpaired) electrons. The van der Waals surface area contributed by atoms with Gasteiger partial charge in [0.05, 0.1) is 11.1 Å². The highest BCUT2D eigenvalue weighted by Crippen LogP contribution is 2.20. The van der Waals surface area contributed by atoms with Gasteiger partial charge in [-0.05, 0) is 25.6 Å². The van der Waals surface area contributed by atoms with Crippen LogP contribution in [0.3, 0.4) is 0 Å². The molecule has 1 N–H and O–H groups in total. The van der Waals surface area contributed by atoms with E-state index in [0.29, 0.717) is 12.1 Å². The summed E-state index contributed by atoms with van der Waals surface area (Å²) < 4.78 is 0. The summed E-state index contributed by atoms with van der Waals surface area (Å²) in [6, 6.07) is 7.88. The van der Waals surface area contributed by atoms with Crippen LogP contribution in [-0.4, -0.2) is 43.0 Å². The zero-order valence-electron chi connectivity index (χ0n) is 11.6. The minimum absolute atomic E-state index is 0.0194.